The molecular weight excluding hydrogens is 401 g/mol. The number of rotatable bonds is 9. The Morgan fingerprint density at radius 1 is 0.812 bits per heavy atom. The van der Waals surface area contributed by atoms with Gasteiger partial charge in [-0.15, -0.1) is 0 Å². The number of piperazine rings is 1. The molecule has 1 aliphatic rings. The molecule has 0 unspecified atom stereocenters. The third kappa shape index (κ3) is 5.00. The highest BCUT2D eigenvalue weighted by molar-refractivity contribution is 5.49. The zero-order valence-corrected chi connectivity index (χ0v) is 18.3. The van der Waals surface area contributed by atoms with Crippen molar-refractivity contribution in [1.29, 1.82) is 0 Å². The van der Waals surface area contributed by atoms with Crippen molar-refractivity contribution in [2.24, 2.45) is 0 Å². The Balaban J connectivity index is 1.49. The van der Waals surface area contributed by atoms with Crippen LogP contribution in [0.2, 0.25) is 0 Å². The molecule has 1 heterocycles. The van der Waals surface area contributed by atoms with Crippen molar-refractivity contribution in [3.63, 3.8) is 0 Å². The molecule has 0 aromatic heterocycles. The molecule has 4 rings (SSSR count). The lowest BCUT2D eigenvalue weighted by atomic mass is 9.71. The molecule has 0 radical (unpaired) electrons. The van der Waals surface area contributed by atoms with Crippen LogP contribution in [0.25, 0.3) is 0 Å². The van der Waals surface area contributed by atoms with Crippen LogP contribution in [-0.2, 0) is 10.2 Å². The van der Waals surface area contributed by atoms with Gasteiger partial charge in [-0.2, -0.15) is 0 Å². The lowest BCUT2D eigenvalue weighted by molar-refractivity contribution is -0.109. The maximum atomic E-state index is 13.2. The fourth-order valence-electron chi connectivity index (χ4n) is 4.71. The Kier molecular flexibility index (Phi) is 7.17. The van der Waals surface area contributed by atoms with E-state index in [1.54, 1.807) is 0 Å². The molecule has 0 atom stereocenters. The van der Waals surface area contributed by atoms with Crippen LogP contribution < -0.4 is 10.2 Å². The molecule has 3 aromatic rings. The topological polar surface area (TPSA) is 35.6 Å². The number of amides is 1. The van der Waals surface area contributed by atoms with E-state index in [1.807, 2.05) is 24.3 Å². The second-order valence-electron chi connectivity index (χ2n) is 8.37. The molecule has 0 aliphatic carbocycles. The Morgan fingerprint density at radius 2 is 1.38 bits per heavy atom. The third-order valence-electron chi connectivity index (χ3n) is 6.56. The van der Waals surface area contributed by atoms with Crippen LogP contribution in [0.4, 0.5) is 10.1 Å². The van der Waals surface area contributed by atoms with Crippen molar-refractivity contribution in [3.8, 4) is 0 Å². The minimum Gasteiger partial charge on any atom is -0.369 e. The van der Waals surface area contributed by atoms with Crippen LogP contribution in [0.1, 0.15) is 17.5 Å². The number of anilines is 1. The van der Waals surface area contributed by atoms with Crippen LogP contribution in [0, 0.1) is 5.82 Å². The molecule has 1 N–H and O–H groups in total. The second-order valence-corrected chi connectivity index (χ2v) is 8.37. The summed E-state index contributed by atoms with van der Waals surface area (Å²) in [5.74, 6) is -0.200. The van der Waals surface area contributed by atoms with E-state index in [0.29, 0.717) is 6.54 Å². The minimum atomic E-state index is -0.294. The Bertz CT molecular complexity index is 931. The number of nitrogens with zero attached hydrogens (tertiary/aromatic N) is 2. The Morgan fingerprint density at radius 3 is 1.91 bits per heavy atom. The summed E-state index contributed by atoms with van der Waals surface area (Å²) >= 11 is 0. The van der Waals surface area contributed by atoms with Gasteiger partial charge in [-0.05, 0) is 48.4 Å². The zero-order chi connectivity index (χ0) is 22.2. The quantitative estimate of drug-likeness (QED) is 0.519. The maximum absolute atomic E-state index is 13.2. The first-order valence-electron chi connectivity index (χ1n) is 11.2. The summed E-state index contributed by atoms with van der Waals surface area (Å²) in [5.41, 5.74) is 3.21. The smallest absolute Gasteiger partial charge is 0.207 e. The van der Waals surface area contributed by atoms with Gasteiger partial charge >= 0.3 is 0 Å². The number of hydrogen-bond acceptors (Lipinski definition) is 3. The summed E-state index contributed by atoms with van der Waals surface area (Å²) < 4.78 is 13.2. The van der Waals surface area contributed by atoms with E-state index in [4.69, 9.17) is 0 Å². The van der Waals surface area contributed by atoms with Gasteiger partial charge in [-0.25, -0.2) is 4.39 Å². The number of benzene rings is 3. The largest absolute Gasteiger partial charge is 0.369 e. The van der Waals surface area contributed by atoms with Crippen molar-refractivity contribution in [3.05, 3.63) is 102 Å². The average Bonchev–Trinajstić information content (AvgIpc) is 2.86. The first-order chi connectivity index (χ1) is 15.7. The van der Waals surface area contributed by atoms with Gasteiger partial charge in [0.15, 0.2) is 0 Å². The lowest BCUT2D eigenvalue weighted by Crippen LogP contribution is -2.49. The number of carbonyl (C=O) groups is 1. The summed E-state index contributed by atoms with van der Waals surface area (Å²) in [4.78, 5) is 16.1. The van der Waals surface area contributed by atoms with E-state index < -0.39 is 0 Å². The molecule has 0 bridgehead atoms. The second kappa shape index (κ2) is 10.4. The summed E-state index contributed by atoms with van der Waals surface area (Å²) in [7, 11) is 0. The highest BCUT2D eigenvalue weighted by Gasteiger charge is 2.34. The minimum absolute atomic E-state index is 0.200. The van der Waals surface area contributed by atoms with Gasteiger partial charge in [0.2, 0.25) is 6.41 Å². The van der Waals surface area contributed by atoms with E-state index >= 15 is 0 Å². The van der Waals surface area contributed by atoms with Gasteiger partial charge < -0.3 is 10.2 Å². The summed E-state index contributed by atoms with van der Waals surface area (Å²) in [6.45, 7) is 5.24. The molecule has 4 nitrogen and oxygen atoms in total. The van der Waals surface area contributed by atoms with E-state index in [1.165, 1.54) is 23.3 Å². The third-order valence-corrected chi connectivity index (χ3v) is 6.56. The zero-order valence-electron chi connectivity index (χ0n) is 18.3. The molecule has 3 aromatic carbocycles. The maximum Gasteiger partial charge on any atom is 0.207 e. The molecule has 1 fully saturated rings. The first-order valence-corrected chi connectivity index (χ1v) is 11.2. The molecule has 1 aliphatic heterocycles. The van der Waals surface area contributed by atoms with E-state index in [9.17, 15) is 9.18 Å². The van der Waals surface area contributed by atoms with Crippen molar-refractivity contribution >= 4 is 12.1 Å². The van der Waals surface area contributed by atoms with Gasteiger partial charge in [-0.1, -0.05) is 60.7 Å². The van der Waals surface area contributed by atoms with Crippen LogP contribution >= 0.6 is 0 Å². The van der Waals surface area contributed by atoms with Gasteiger partial charge in [0.05, 0.1) is 0 Å². The summed E-state index contributed by atoms with van der Waals surface area (Å²) in [5, 5.41) is 2.97. The van der Waals surface area contributed by atoms with E-state index in [2.05, 4.69) is 63.6 Å². The van der Waals surface area contributed by atoms with Crippen molar-refractivity contribution in [1.82, 2.24) is 10.2 Å². The molecule has 1 amide bonds. The predicted molar refractivity (Wildman–Crippen MR) is 127 cm³/mol. The molecule has 32 heavy (non-hydrogen) atoms. The highest BCUT2D eigenvalue weighted by atomic mass is 19.1. The fourth-order valence-corrected chi connectivity index (χ4v) is 4.71. The average molecular weight is 432 g/mol. The van der Waals surface area contributed by atoms with Crippen molar-refractivity contribution < 1.29 is 9.18 Å². The van der Waals surface area contributed by atoms with Crippen LogP contribution in [0.5, 0.6) is 0 Å². The summed E-state index contributed by atoms with van der Waals surface area (Å²) in [6.07, 6.45) is 1.69. The number of halogens is 1. The molecular formula is C27H30FN3O. The predicted octanol–water partition coefficient (Wildman–Crippen LogP) is 4.07. The Hall–Kier alpha value is -3.18. The SMILES string of the molecule is O=CNCC(CCN1CCN(c2ccc(F)cc2)CC1)(c1ccccc1)c1ccccc1. The lowest BCUT2D eigenvalue weighted by Gasteiger charge is -2.40. The Labute approximate surface area is 189 Å². The molecule has 5 heteroatoms. The number of carbonyl (C=O) groups excluding carboxylic acids is 1. The van der Waals surface area contributed by atoms with E-state index in [0.717, 1.165) is 51.2 Å². The van der Waals surface area contributed by atoms with Gasteiger partial charge in [0.25, 0.3) is 0 Å². The van der Waals surface area contributed by atoms with Crippen LogP contribution in [-0.4, -0.2) is 50.6 Å². The standard InChI is InChI=1S/C27H30FN3O/c28-25-11-13-26(14-12-25)31-19-17-30(18-20-31)16-15-27(21-29-22-32,23-7-3-1-4-8-23)24-9-5-2-6-10-24/h1-14,22H,15-21H2,(H,29,32). The summed E-state index contributed by atoms with van der Waals surface area (Å²) in [6, 6.07) is 27.7. The fraction of sp³-hybridized carbons (Fsp3) is 0.296. The van der Waals surface area contributed by atoms with Gasteiger partial charge in [0, 0.05) is 43.8 Å². The van der Waals surface area contributed by atoms with Crippen molar-refractivity contribution in [2.75, 3.05) is 44.2 Å². The molecule has 166 valence electrons. The first kappa shape index (κ1) is 22.0. The normalized spacial score (nSPS) is 14.8. The van der Waals surface area contributed by atoms with Crippen LogP contribution in [0.15, 0.2) is 84.9 Å². The number of nitrogens with one attached hydrogen (secondary N) is 1. The number of hydrogen-bond donors (Lipinski definition) is 1. The van der Waals surface area contributed by atoms with Crippen LogP contribution in [0.3, 0.4) is 0 Å². The van der Waals surface area contributed by atoms with Gasteiger partial charge in [0.1, 0.15) is 5.82 Å². The monoisotopic (exact) mass is 431 g/mol. The molecule has 0 spiro atoms. The van der Waals surface area contributed by atoms with Crippen molar-refractivity contribution in [2.45, 2.75) is 11.8 Å². The molecule has 0 saturated carbocycles. The van der Waals surface area contributed by atoms with E-state index in [-0.39, 0.29) is 11.2 Å². The van der Waals surface area contributed by atoms with Gasteiger partial charge in [-0.3, -0.25) is 9.69 Å². The molecule has 1 saturated heterocycles. The highest BCUT2D eigenvalue weighted by Crippen LogP contribution is 2.35.